The maximum atomic E-state index is 12.4. The Hall–Kier alpha value is -11.8. The van der Waals surface area contributed by atoms with Crippen LogP contribution in [0.25, 0.3) is 126 Å². The van der Waals surface area contributed by atoms with Crippen LogP contribution in [0.1, 0.15) is 191 Å². The van der Waals surface area contributed by atoms with E-state index in [1.165, 1.54) is 10.8 Å². The average Bonchev–Trinajstić information content (AvgIpc) is 0.955. The molecule has 8 aromatic carbocycles. The first-order chi connectivity index (χ1) is 62.9. The van der Waals surface area contributed by atoms with Crippen LogP contribution in [0, 0.1) is 79.1 Å². The third kappa shape index (κ3) is 19.0. The summed E-state index contributed by atoms with van der Waals surface area (Å²) in [7, 11) is 0. The van der Waals surface area contributed by atoms with Crippen LogP contribution in [0.2, 0.25) is 0 Å². The van der Waals surface area contributed by atoms with Crippen molar-refractivity contribution in [1.29, 1.82) is 0 Å². The van der Waals surface area contributed by atoms with E-state index in [2.05, 4.69) is 76.2 Å². The zero-order valence-corrected chi connectivity index (χ0v) is 79.3. The number of pyridine rings is 4. The Kier molecular flexibility index (Phi) is 25.8. The van der Waals surface area contributed by atoms with Crippen molar-refractivity contribution in [3.8, 4) is 65.3 Å². The largest absolute Gasteiger partial charge is 0.493 e. The first-order valence-electron chi connectivity index (χ1n) is 45.0. The second-order valence-electron chi connectivity index (χ2n) is 37.7. The molecule has 0 saturated heterocycles. The smallest absolute Gasteiger partial charge is 0.336 e. The number of aryl methyl sites for hydroxylation is 8. The van der Waals surface area contributed by atoms with Crippen molar-refractivity contribution in [3.63, 3.8) is 0 Å². The molecule has 8 heterocycles. The van der Waals surface area contributed by atoms with Crippen LogP contribution >= 0.6 is 45.3 Å². The summed E-state index contributed by atoms with van der Waals surface area (Å²) in [6.07, 6.45) is 9.40. The normalized spacial score (nSPS) is 20.5. The van der Waals surface area contributed by atoms with E-state index in [9.17, 15) is 60.0 Å². The summed E-state index contributed by atoms with van der Waals surface area (Å²) in [4.78, 5) is 73.1. The van der Waals surface area contributed by atoms with Gasteiger partial charge < -0.3 is 59.8 Å². The van der Waals surface area contributed by atoms with Crippen LogP contribution in [0.5, 0.6) is 23.0 Å². The fourth-order valence-corrected chi connectivity index (χ4v) is 24.1. The molecule has 4 aliphatic rings. The van der Waals surface area contributed by atoms with E-state index < -0.39 is 46.3 Å². The lowest BCUT2D eigenvalue weighted by Crippen LogP contribution is -2.43. The minimum atomic E-state index is -1.00. The van der Waals surface area contributed by atoms with Crippen LogP contribution in [0.3, 0.4) is 0 Å². The highest BCUT2D eigenvalue weighted by atomic mass is 32.1. The Labute approximate surface area is 781 Å². The number of rotatable bonds is 20. The number of nitrogens with zero attached hydrogens (tertiary/aromatic N) is 4. The van der Waals surface area contributed by atoms with Crippen molar-refractivity contribution in [2.75, 3.05) is 26.4 Å². The van der Waals surface area contributed by atoms with Gasteiger partial charge in [-0.1, -0.05) is 97.1 Å². The number of aromatic carboxylic acids is 4. The Morgan fingerprint density at radius 2 is 0.523 bits per heavy atom. The number of hydrogen-bond donors (Lipinski definition) is 8. The number of thiophene rings is 4. The second-order valence-corrected chi connectivity index (χ2v) is 41.9. The third-order valence-electron chi connectivity index (χ3n) is 26.9. The van der Waals surface area contributed by atoms with Gasteiger partial charge in [0.15, 0.2) is 0 Å². The van der Waals surface area contributed by atoms with Crippen LogP contribution in [-0.4, -0.2) is 133 Å². The van der Waals surface area contributed by atoms with Crippen molar-refractivity contribution in [3.05, 3.63) is 237 Å². The molecule has 20 rings (SSSR count). The number of carboxylic acids is 4. The highest BCUT2D eigenvalue weighted by Gasteiger charge is 2.41. The number of ether oxygens (including phenoxy) is 4. The number of carboxylic acid groups (broad SMARTS) is 4. The molecule has 0 radical (unpaired) electrons. The highest BCUT2D eigenvalue weighted by molar-refractivity contribution is 7.23. The van der Waals surface area contributed by atoms with Gasteiger partial charge in [0.05, 0.1) is 157 Å². The lowest BCUT2D eigenvalue weighted by atomic mass is 9.73. The number of aliphatic hydroxyl groups is 4. The molecular weight excluding hydrogens is 1740 g/mol. The summed E-state index contributed by atoms with van der Waals surface area (Å²) in [5.41, 5.74) is 11.8. The van der Waals surface area contributed by atoms with Crippen LogP contribution in [-0.2, 0) is 0 Å². The van der Waals surface area contributed by atoms with Crippen LogP contribution in [0.15, 0.2) is 170 Å². The minimum absolute atomic E-state index is 0.196. The van der Waals surface area contributed by atoms with Gasteiger partial charge in [-0.05, 0) is 323 Å². The highest BCUT2D eigenvalue weighted by Crippen LogP contribution is 2.49. The summed E-state index contributed by atoms with van der Waals surface area (Å²) >= 11 is 6.54. The monoisotopic (exact) mass is 1840 g/mol. The van der Waals surface area contributed by atoms with Gasteiger partial charge >= 0.3 is 23.9 Å². The maximum Gasteiger partial charge on any atom is 0.336 e. The van der Waals surface area contributed by atoms with Gasteiger partial charge in [0, 0.05) is 18.8 Å². The van der Waals surface area contributed by atoms with Gasteiger partial charge in [0.25, 0.3) is 0 Å². The summed E-state index contributed by atoms with van der Waals surface area (Å²) < 4.78 is 29.2. The molecule has 20 nitrogen and oxygen atoms in total. The van der Waals surface area contributed by atoms with Crippen molar-refractivity contribution in [2.45, 2.75) is 183 Å². The van der Waals surface area contributed by atoms with Gasteiger partial charge in [-0.3, -0.25) is 0 Å². The standard InChI is InChI=1S/2C28H29NO4S.2C26H25NO4S/c2*1-16-8-9-22(33-15-18-10-12-28(3,32)13-11-18)24-20(27(30)31)14-21(29-25(16)24)26-17(2)19-6-4-5-7-23(19)34-26;2*1-14-8-9-20(31-13-16-11-26(3,30)12-16)22-18(25(28)29)10-19(27-23(14)22)24-15(2)17-6-4-5-7-21(17)32-24/h2*4-9,14,18,32H,10-13,15H2,1-3H3,(H,30,31);2*4-10,16,30H,11-13H2,1-3H3,(H,28,29). The first kappa shape index (κ1) is 92.0. The predicted molar refractivity (Wildman–Crippen MR) is 530 cm³/mol. The van der Waals surface area contributed by atoms with E-state index in [1.807, 2.05) is 152 Å². The fraction of sp³-hybridized carbons (Fsp3) is 0.333. The molecule has 0 amide bonds. The number of benzene rings is 8. The molecule has 680 valence electrons. The fourth-order valence-electron chi connectivity index (χ4n) is 19.4. The van der Waals surface area contributed by atoms with E-state index in [1.54, 1.807) is 69.6 Å². The number of fused-ring (bicyclic) bond motifs is 8. The van der Waals surface area contributed by atoms with Gasteiger partial charge in [-0.15, -0.1) is 45.3 Å². The molecule has 0 spiro atoms. The molecule has 0 unspecified atom stereocenters. The summed E-state index contributed by atoms with van der Waals surface area (Å²) in [6.45, 7) is 25.4. The van der Waals surface area contributed by atoms with E-state index in [0.717, 1.165) is 145 Å². The SMILES string of the molecule is Cc1c(-c2cc(C(=O)O)c3c(OCC4CC(C)(O)C4)ccc(C)c3n2)sc2ccccc12.Cc1c(-c2cc(C(=O)O)c3c(OCC4CC(C)(O)C4)ccc(C)c3n2)sc2ccccc12.Cc1c(-c2cc(C(=O)O)c3c(OCC4CCC(C)(O)CC4)ccc(C)c3n2)sc2ccccc12.Cc1c(-c2cc(C(=O)O)c3c(OCC4CCC(C)(O)CC4)ccc(C)c3n2)sc2ccccc12. The molecule has 0 atom stereocenters. The number of carbonyl (C=O) groups is 4. The van der Waals surface area contributed by atoms with Gasteiger partial charge in [0.1, 0.15) is 23.0 Å². The van der Waals surface area contributed by atoms with Crippen LogP contribution in [0.4, 0.5) is 0 Å². The number of aromatic nitrogens is 4. The molecule has 4 saturated carbocycles. The predicted octanol–water partition coefficient (Wildman–Crippen LogP) is 25.4. The first-order valence-corrected chi connectivity index (χ1v) is 48.3. The lowest BCUT2D eigenvalue weighted by molar-refractivity contribution is -0.0692. The van der Waals surface area contributed by atoms with E-state index >= 15 is 0 Å². The van der Waals surface area contributed by atoms with Gasteiger partial charge in [-0.2, -0.15) is 0 Å². The molecule has 0 aliphatic heterocycles. The Balaban J connectivity index is 0.000000123. The molecular formula is C108H108N4O16S4. The zero-order chi connectivity index (χ0) is 93.3. The van der Waals surface area contributed by atoms with E-state index in [-0.39, 0.29) is 34.1 Å². The summed E-state index contributed by atoms with van der Waals surface area (Å²) in [5, 5.41) is 87.7. The van der Waals surface area contributed by atoms with Crippen LogP contribution < -0.4 is 18.9 Å². The molecule has 0 bridgehead atoms. The maximum absolute atomic E-state index is 12.4. The molecule has 4 fully saturated rings. The van der Waals surface area contributed by atoms with Crippen molar-refractivity contribution in [2.24, 2.45) is 23.7 Å². The average molecular weight is 1850 g/mol. The molecule has 8 aromatic heterocycles. The van der Waals surface area contributed by atoms with Crippen molar-refractivity contribution < 1.29 is 79.0 Å². The molecule has 132 heavy (non-hydrogen) atoms. The van der Waals surface area contributed by atoms with Crippen molar-refractivity contribution in [1.82, 2.24) is 19.9 Å². The topological polar surface area (TPSA) is 319 Å². The Morgan fingerprint density at radius 1 is 0.311 bits per heavy atom. The molecule has 16 aromatic rings. The van der Waals surface area contributed by atoms with Gasteiger partial charge in [0.2, 0.25) is 0 Å². The van der Waals surface area contributed by atoms with Crippen molar-refractivity contribution >= 4 is 153 Å². The Morgan fingerprint density at radius 3 is 0.727 bits per heavy atom. The lowest BCUT2D eigenvalue weighted by Gasteiger charge is -2.40. The quantitative estimate of drug-likeness (QED) is 0.0351. The number of hydrogen-bond acceptors (Lipinski definition) is 20. The summed E-state index contributed by atoms with van der Waals surface area (Å²) in [5.74, 6) is -0.581. The third-order valence-corrected chi connectivity index (χ3v) is 32.1. The van der Waals surface area contributed by atoms with E-state index in [4.69, 9.17) is 38.9 Å². The Bertz CT molecular complexity index is 6800. The molecule has 8 N–H and O–H groups in total. The zero-order valence-electron chi connectivity index (χ0n) is 76.1. The molecule has 4 aliphatic carbocycles. The second kappa shape index (κ2) is 37.0. The minimum Gasteiger partial charge on any atom is -0.493 e. The van der Waals surface area contributed by atoms with Gasteiger partial charge in [-0.25, -0.2) is 39.1 Å². The molecule has 24 heteroatoms. The summed E-state index contributed by atoms with van der Waals surface area (Å²) in [6, 6.07) is 54.6. The van der Waals surface area contributed by atoms with E-state index in [0.29, 0.717) is 153 Å².